The summed E-state index contributed by atoms with van der Waals surface area (Å²) in [6, 6.07) is 3.42. The molecule has 0 aliphatic rings. The molecule has 0 radical (unpaired) electrons. The van der Waals surface area contributed by atoms with Crippen molar-refractivity contribution in [2.75, 3.05) is 29.5 Å². The van der Waals surface area contributed by atoms with Crippen molar-refractivity contribution >= 4 is 34.8 Å². The standard InChI is InChI=1S/C15H19ClN6O/c1-9(2)8-22(3)14-12(16)20-11(13(17)21-14)15(23)19-10-5-4-6-18-7-10/h4-7,9H,8H2,1-3H3,(H2,17,21)(H,19,23). The molecule has 23 heavy (non-hydrogen) atoms. The Hall–Kier alpha value is -2.41. The molecule has 0 atom stereocenters. The Labute approximate surface area is 139 Å². The number of hydrogen-bond acceptors (Lipinski definition) is 6. The van der Waals surface area contributed by atoms with Crippen LogP contribution in [0.3, 0.4) is 0 Å². The highest BCUT2D eigenvalue weighted by atomic mass is 35.5. The van der Waals surface area contributed by atoms with Gasteiger partial charge in [-0.2, -0.15) is 0 Å². The van der Waals surface area contributed by atoms with Crippen molar-refractivity contribution < 1.29 is 4.79 Å². The van der Waals surface area contributed by atoms with Gasteiger partial charge in [-0.25, -0.2) is 9.97 Å². The van der Waals surface area contributed by atoms with E-state index in [-0.39, 0.29) is 16.7 Å². The third kappa shape index (κ3) is 4.29. The van der Waals surface area contributed by atoms with E-state index in [1.165, 1.54) is 6.20 Å². The second-order valence-corrected chi connectivity index (χ2v) is 5.90. The molecule has 2 aromatic heterocycles. The van der Waals surface area contributed by atoms with Crippen LogP contribution in [0.25, 0.3) is 0 Å². The number of anilines is 3. The lowest BCUT2D eigenvalue weighted by Gasteiger charge is -2.21. The third-order valence-corrected chi connectivity index (χ3v) is 3.25. The highest BCUT2D eigenvalue weighted by molar-refractivity contribution is 6.32. The van der Waals surface area contributed by atoms with Crippen LogP contribution in [0.15, 0.2) is 24.5 Å². The van der Waals surface area contributed by atoms with Crippen LogP contribution >= 0.6 is 11.6 Å². The highest BCUT2D eigenvalue weighted by Gasteiger charge is 2.19. The molecule has 0 spiro atoms. The predicted molar refractivity (Wildman–Crippen MR) is 91.8 cm³/mol. The van der Waals surface area contributed by atoms with Gasteiger partial charge in [0.05, 0.1) is 11.9 Å². The van der Waals surface area contributed by atoms with Crippen LogP contribution < -0.4 is 16.0 Å². The molecular formula is C15H19ClN6O. The number of amides is 1. The number of nitrogens with two attached hydrogens (primary N) is 1. The maximum absolute atomic E-state index is 12.3. The van der Waals surface area contributed by atoms with Gasteiger partial charge in [0.25, 0.3) is 5.91 Å². The number of pyridine rings is 1. The number of nitrogens with zero attached hydrogens (tertiary/aromatic N) is 4. The second-order valence-electron chi connectivity index (χ2n) is 5.54. The van der Waals surface area contributed by atoms with Gasteiger partial charge in [0.1, 0.15) is 0 Å². The van der Waals surface area contributed by atoms with Crippen molar-refractivity contribution in [3.05, 3.63) is 35.4 Å². The van der Waals surface area contributed by atoms with E-state index in [9.17, 15) is 4.79 Å². The molecule has 0 aliphatic carbocycles. The number of nitrogens with one attached hydrogen (secondary N) is 1. The summed E-state index contributed by atoms with van der Waals surface area (Å²) in [5, 5.41) is 2.79. The Morgan fingerprint density at radius 2 is 2.17 bits per heavy atom. The largest absolute Gasteiger partial charge is 0.382 e. The summed E-state index contributed by atoms with van der Waals surface area (Å²) in [5.41, 5.74) is 6.40. The minimum atomic E-state index is -0.483. The second kappa shape index (κ2) is 7.23. The molecule has 2 heterocycles. The summed E-state index contributed by atoms with van der Waals surface area (Å²) < 4.78 is 0. The minimum absolute atomic E-state index is 0.0134. The van der Waals surface area contributed by atoms with Gasteiger partial charge in [0, 0.05) is 19.8 Å². The summed E-state index contributed by atoms with van der Waals surface area (Å²) in [4.78, 5) is 26.4. The first-order chi connectivity index (χ1) is 10.9. The molecule has 0 saturated heterocycles. The van der Waals surface area contributed by atoms with Crippen LogP contribution in [0.5, 0.6) is 0 Å². The van der Waals surface area contributed by atoms with E-state index in [1.54, 1.807) is 18.3 Å². The van der Waals surface area contributed by atoms with Gasteiger partial charge in [-0.05, 0) is 18.1 Å². The van der Waals surface area contributed by atoms with E-state index in [4.69, 9.17) is 17.3 Å². The number of rotatable bonds is 5. The van der Waals surface area contributed by atoms with Gasteiger partial charge in [0.2, 0.25) is 0 Å². The lowest BCUT2D eigenvalue weighted by Crippen LogP contribution is -2.26. The predicted octanol–water partition coefficient (Wildman–Crippen LogP) is 2.45. The summed E-state index contributed by atoms with van der Waals surface area (Å²) in [5.74, 6) is 0.424. The molecule has 122 valence electrons. The minimum Gasteiger partial charge on any atom is -0.382 e. The molecule has 0 fully saturated rings. The quantitative estimate of drug-likeness (QED) is 0.871. The molecule has 0 aliphatic heterocycles. The monoisotopic (exact) mass is 334 g/mol. The van der Waals surface area contributed by atoms with E-state index in [1.807, 2.05) is 11.9 Å². The van der Waals surface area contributed by atoms with Crippen molar-refractivity contribution in [3.63, 3.8) is 0 Å². The molecule has 7 nitrogen and oxygen atoms in total. The molecule has 0 bridgehead atoms. The fraction of sp³-hybridized carbons (Fsp3) is 0.333. The van der Waals surface area contributed by atoms with Crippen molar-refractivity contribution in [1.29, 1.82) is 0 Å². The zero-order chi connectivity index (χ0) is 17.0. The van der Waals surface area contributed by atoms with Crippen LogP contribution in [-0.2, 0) is 0 Å². The van der Waals surface area contributed by atoms with Crippen LogP contribution in [0.2, 0.25) is 5.15 Å². The van der Waals surface area contributed by atoms with E-state index >= 15 is 0 Å². The Bertz CT molecular complexity index is 692. The highest BCUT2D eigenvalue weighted by Crippen LogP contribution is 2.24. The van der Waals surface area contributed by atoms with Gasteiger partial charge < -0.3 is 16.0 Å². The summed E-state index contributed by atoms with van der Waals surface area (Å²) in [6.07, 6.45) is 3.13. The average Bonchev–Trinajstić information content (AvgIpc) is 2.49. The normalized spacial score (nSPS) is 10.7. The molecule has 0 unspecified atom stereocenters. The third-order valence-electron chi connectivity index (χ3n) is 3.00. The number of nitrogen functional groups attached to an aromatic ring is 1. The SMILES string of the molecule is CC(C)CN(C)c1nc(N)c(C(=O)Nc2cccnc2)nc1Cl. The van der Waals surface area contributed by atoms with Crippen LogP contribution in [-0.4, -0.2) is 34.5 Å². The van der Waals surface area contributed by atoms with E-state index in [0.717, 1.165) is 6.54 Å². The van der Waals surface area contributed by atoms with E-state index in [2.05, 4.69) is 34.1 Å². The van der Waals surface area contributed by atoms with E-state index < -0.39 is 5.91 Å². The Morgan fingerprint density at radius 1 is 1.43 bits per heavy atom. The van der Waals surface area contributed by atoms with Gasteiger partial charge in [-0.15, -0.1) is 0 Å². The summed E-state index contributed by atoms with van der Waals surface area (Å²) in [6.45, 7) is 4.91. The fourth-order valence-electron chi connectivity index (χ4n) is 2.09. The molecule has 2 aromatic rings. The van der Waals surface area contributed by atoms with Crippen molar-refractivity contribution in [3.8, 4) is 0 Å². The zero-order valence-corrected chi connectivity index (χ0v) is 14.0. The van der Waals surface area contributed by atoms with Crippen LogP contribution in [0, 0.1) is 5.92 Å². The molecule has 1 amide bonds. The fourth-order valence-corrected chi connectivity index (χ4v) is 2.36. The number of carbonyl (C=O) groups excluding carboxylic acids is 1. The first kappa shape index (κ1) is 17.0. The zero-order valence-electron chi connectivity index (χ0n) is 13.2. The van der Waals surface area contributed by atoms with Crippen molar-refractivity contribution in [1.82, 2.24) is 15.0 Å². The van der Waals surface area contributed by atoms with Crippen molar-refractivity contribution in [2.45, 2.75) is 13.8 Å². The summed E-state index contributed by atoms with van der Waals surface area (Å²) >= 11 is 6.16. The summed E-state index contributed by atoms with van der Waals surface area (Å²) in [7, 11) is 1.85. The number of aromatic nitrogens is 3. The molecular weight excluding hydrogens is 316 g/mol. The molecule has 0 aromatic carbocycles. The molecule has 2 rings (SSSR count). The number of hydrogen-bond donors (Lipinski definition) is 2. The maximum atomic E-state index is 12.3. The average molecular weight is 335 g/mol. The first-order valence-corrected chi connectivity index (χ1v) is 7.51. The van der Waals surface area contributed by atoms with Gasteiger partial charge in [0.15, 0.2) is 22.5 Å². The lowest BCUT2D eigenvalue weighted by atomic mass is 10.2. The maximum Gasteiger partial charge on any atom is 0.278 e. The Kier molecular flexibility index (Phi) is 5.33. The molecule has 3 N–H and O–H groups in total. The molecule has 8 heteroatoms. The van der Waals surface area contributed by atoms with E-state index in [0.29, 0.717) is 17.4 Å². The number of carbonyl (C=O) groups is 1. The van der Waals surface area contributed by atoms with Gasteiger partial charge in [-0.1, -0.05) is 25.4 Å². The van der Waals surface area contributed by atoms with Gasteiger partial charge >= 0.3 is 0 Å². The first-order valence-electron chi connectivity index (χ1n) is 7.14. The molecule has 0 saturated carbocycles. The number of halogens is 1. The Balaban J connectivity index is 2.24. The van der Waals surface area contributed by atoms with Crippen LogP contribution in [0.1, 0.15) is 24.3 Å². The van der Waals surface area contributed by atoms with Gasteiger partial charge in [-0.3, -0.25) is 9.78 Å². The lowest BCUT2D eigenvalue weighted by molar-refractivity contribution is 0.102. The Morgan fingerprint density at radius 3 is 2.78 bits per heavy atom. The topological polar surface area (TPSA) is 97.0 Å². The van der Waals surface area contributed by atoms with Crippen molar-refractivity contribution in [2.24, 2.45) is 5.92 Å². The smallest absolute Gasteiger partial charge is 0.278 e. The van der Waals surface area contributed by atoms with Crippen LogP contribution in [0.4, 0.5) is 17.3 Å².